The van der Waals surface area contributed by atoms with Crippen LogP contribution >= 0.6 is 0 Å². The molecular formula is C32H34N4O3. The normalized spacial score (nSPS) is 15.7. The second kappa shape index (κ2) is 11.5. The van der Waals surface area contributed by atoms with Crippen LogP contribution in [0.4, 0.5) is 0 Å². The Labute approximate surface area is 230 Å². The molecule has 0 bridgehead atoms. The lowest BCUT2D eigenvalue weighted by Gasteiger charge is -2.31. The van der Waals surface area contributed by atoms with Crippen molar-refractivity contribution in [3.8, 4) is 28.8 Å². The molecule has 2 aromatic carbocycles. The lowest BCUT2D eigenvalue weighted by atomic mass is 9.92. The van der Waals surface area contributed by atoms with E-state index in [4.69, 9.17) is 9.84 Å². The third-order valence-electron chi connectivity index (χ3n) is 6.89. The smallest absolute Gasteiger partial charge is 0.271 e. The van der Waals surface area contributed by atoms with Gasteiger partial charge in [-0.25, -0.2) is 4.68 Å². The Morgan fingerprint density at radius 1 is 1.05 bits per heavy atom. The quantitative estimate of drug-likeness (QED) is 0.257. The molecule has 0 fully saturated rings. The van der Waals surface area contributed by atoms with Gasteiger partial charge in [-0.3, -0.25) is 14.5 Å². The van der Waals surface area contributed by atoms with Gasteiger partial charge in [0.05, 0.1) is 18.0 Å². The van der Waals surface area contributed by atoms with E-state index in [1.165, 1.54) is 4.90 Å². The topological polar surface area (TPSA) is 88.2 Å². The summed E-state index contributed by atoms with van der Waals surface area (Å²) in [5.41, 5.74) is 4.77. The van der Waals surface area contributed by atoms with Crippen molar-refractivity contribution in [1.82, 2.24) is 14.7 Å². The lowest BCUT2D eigenvalue weighted by molar-refractivity contribution is -0.142. The molecule has 0 radical (unpaired) electrons. The number of para-hydroxylation sites is 1. The van der Waals surface area contributed by atoms with Gasteiger partial charge in [-0.1, -0.05) is 39.0 Å². The Bertz CT molecular complexity index is 1510. The van der Waals surface area contributed by atoms with E-state index in [1.807, 2.05) is 81.6 Å². The summed E-state index contributed by atoms with van der Waals surface area (Å²) in [6, 6.07) is 17.3. The van der Waals surface area contributed by atoms with Gasteiger partial charge in [0.2, 0.25) is 0 Å². The molecular weight excluding hydrogens is 488 g/mol. The first-order valence-corrected chi connectivity index (χ1v) is 13.3. The molecule has 0 spiro atoms. The summed E-state index contributed by atoms with van der Waals surface area (Å²) in [5.74, 6) is 0.281. The number of benzene rings is 2. The Kier molecular flexibility index (Phi) is 8.15. The van der Waals surface area contributed by atoms with E-state index in [0.29, 0.717) is 41.3 Å². The van der Waals surface area contributed by atoms with E-state index in [2.05, 4.69) is 13.8 Å². The van der Waals surface area contributed by atoms with Crippen LogP contribution in [0.1, 0.15) is 52.2 Å². The molecule has 39 heavy (non-hydrogen) atoms. The molecule has 200 valence electrons. The summed E-state index contributed by atoms with van der Waals surface area (Å²) in [6.07, 6.45) is 4.20. The first kappa shape index (κ1) is 27.6. The third-order valence-corrected chi connectivity index (χ3v) is 6.89. The van der Waals surface area contributed by atoms with Gasteiger partial charge in [-0.15, -0.1) is 0 Å². The van der Waals surface area contributed by atoms with Gasteiger partial charge in [0.15, 0.2) is 0 Å². The fourth-order valence-corrected chi connectivity index (χ4v) is 4.48. The fraction of sp³-hybridized carbons (Fsp3) is 0.312. The molecule has 1 aliphatic rings. The van der Waals surface area contributed by atoms with Gasteiger partial charge < -0.3 is 4.74 Å². The number of hydrogen-bond donors (Lipinski definition) is 0. The molecule has 0 saturated carbocycles. The highest BCUT2D eigenvalue weighted by atomic mass is 16.5. The van der Waals surface area contributed by atoms with Crippen molar-refractivity contribution in [2.24, 2.45) is 5.92 Å². The molecule has 0 aliphatic carbocycles. The van der Waals surface area contributed by atoms with E-state index in [-0.39, 0.29) is 11.6 Å². The minimum Gasteiger partial charge on any atom is -0.493 e. The first-order valence-electron chi connectivity index (χ1n) is 13.3. The summed E-state index contributed by atoms with van der Waals surface area (Å²) in [6.45, 7) is 12.2. The number of rotatable bonds is 8. The number of aryl methyl sites for hydroxylation is 1. The number of nitrogens with zero attached hydrogens (tertiary/aromatic N) is 4. The highest BCUT2D eigenvalue weighted by molar-refractivity contribution is 6.20. The second-order valence-electron chi connectivity index (χ2n) is 10.3. The highest BCUT2D eigenvalue weighted by Crippen LogP contribution is 2.33. The van der Waals surface area contributed by atoms with Crippen LogP contribution in [-0.2, 0) is 9.59 Å². The summed E-state index contributed by atoms with van der Waals surface area (Å²) in [4.78, 5) is 27.8. The predicted molar refractivity (Wildman–Crippen MR) is 152 cm³/mol. The summed E-state index contributed by atoms with van der Waals surface area (Å²) in [7, 11) is 0. The Morgan fingerprint density at radius 3 is 2.38 bits per heavy atom. The molecule has 3 aromatic rings. The first-order chi connectivity index (χ1) is 18.7. The van der Waals surface area contributed by atoms with E-state index in [0.717, 1.165) is 22.6 Å². The molecule has 1 atom stereocenters. The maximum absolute atomic E-state index is 13.6. The summed E-state index contributed by atoms with van der Waals surface area (Å²) < 4.78 is 7.74. The zero-order valence-corrected chi connectivity index (χ0v) is 23.4. The van der Waals surface area contributed by atoms with E-state index < -0.39 is 11.8 Å². The maximum atomic E-state index is 13.6. The number of aromatic nitrogens is 2. The van der Waals surface area contributed by atoms with Crippen LogP contribution in [-0.4, -0.2) is 39.1 Å². The summed E-state index contributed by atoms with van der Waals surface area (Å²) in [5, 5.41) is 14.7. The monoisotopic (exact) mass is 522 g/mol. The average molecular weight is 523 g/mol. The molecule has 1 aliphatic heterocycles. The SMILES string of the molecule is CCC(C)N1C(=O)C(C#N)=C(C)/C(=C\c2cn(-c3ccccc3)nc2-c2ccc(OCC(C)C)c(C)c2)C1=O. The number of amides is 2. The van der Waals surface area contributed by atoms with Gasteiger partial charge in [0.25, 0.3) is 11.8 Å². The second-order valence-corrected chi connectivity index (χ2v) is 10.3. The molecule has 1 unspecified atom stereocenters. The number of hydrogen-bond acceptors (Lipinski definition) is 5. The van der Waals surface area contributed by atoms with Crippen molar-refractivity contribution in [3.05, 3.63) is 82.6 Å². The number of nitriles is 1. The van der Waals surface area contributed by atoms with Crippen LogP contribution in [0.15, 0.2) is 71.4 Å². The van der Waals surface area contributed by atoms with Crippen molar-refractivity contribution < 1.29 is 14.3 Å². The minimum absolute atomic E-state index is 0.0133. The van der Waals surface area contributed by atoms with Crippen LogP contribution in [0.3, 0.4) is 0 Å². The highest BCUT2D eigenvalue weighted by Gasteiger charge is 2.37. The largest absolute Gasteiger partial charge is 0.493 e. The van der Waals surface area contributed by atoms with Crippen molar-refractivity contribution in [1.29, 1.82) is 5.26 Å². The minimum atomic E-state index is -0.542. The van der Waals surface area contributed by atoms with Crippen LogP contribution in [0.5, 0.6) is 5.75 Å². The standard InChI is InChI=1S/C32H34N4O3/c1-7-22(5)36-31(37)27(23(6)28(17-33)32(36)38)16-25-18-35(26-11-9-8-10-12-26)34-30(25)24-13-14-29(21(4)15-24)39-19-20(2)3/h8-16,18,20,22H,7,19H2,1-6H3/b27-16+. The number of carbonyl (C=O) groups is 2. The van der Waals surface area contributed by atoms with Crippen LogP contribution in [0.25, 0.3) is 23.0 Å². The third kappa shape index (κ3) is 5.56. The maximum Gasteiger partial charge on any atom is 0.271 e. The van der Waals surface area contributed by atoms with Gasteiger partial charge in [0.1, 0.15) is 17.4 Å². The molecule has 2 heterocycles. The predicted octanol–water partition coefficient (Wildman–Crippen LogP) is 6.27. The molecule has 7 nitrogen and oxygen atoms in total. The van der Waals surface area contributed by atoms with Crippen LogP contribution < -0.4 is 4.74 Å². The zero-order chi connectivity index (χ0) is 28.3. The van der Waals surface area contributed by atoms with Crippen LogP contribution in [0, 0.1) is 24.2 Å². The Morgan fingerprint density at radius 2 is 1.77 bits per heavy atom. The van der Waals surface area contributed by atoms with Crippen molar-refractivity contribution >= 4 is 17.9 Å². The molecule has 1 aromatic heterocycles. The van der Waals surface area contributed by atoms with E-state index in [1.54, 1.807) is 17.7 Å². The molecule has 0 N–H and O–H groups in total. The Hall–Kier alpha value is -4.44. The van der Waals surface area contributed by atoms with Gasteiger partial charge >= 0.3 is 0 Å². The van der Waals surface area contributed by atoms with E-state index >= 15 is 0 Å². The fourth-order valence-electron chi connectivity index (χ4n) is 4.48. The lowest BCUT2D eigenvalue weighted by Crippen LogP contribution is -2.47. The number of ether oxygens (including phenoxy) is 1. The Balaban J connectivity index is 1.88. The van der Waals surface area contributed by atoms with Crippen LogP contribution in [0.2, 0.25) is 0 Å². The molecule has 2 amide bonds. The van der Waals surface area contributed by atoms with Crippen molar-refractivity contribution in [2.45, 2.75) is 54.0 Å². The zero-order valence-electron chi connectivity index (χ0n) is 23.4. The van der Waals surface area contributed by atoms with Crippen molar-refractivity contribution in [2.75, 3.05) is 6.61 Å². The summed E-state index contributed by atoms with van der Waals surface area (Å²) >= 11 is 0. The number of carbonyl (C=O) groups excluding carboxylic acids is 2. The van der Waals surface area contributed by atoms with Gasteiger partial charge in [-0.05, 0) is 80.7 Å². The molecule has 4 rings (SSSR count). The molecule has 7 heteroatoms. The van der Waals surface area contributed by atoms with Gasteiger partial charge in [0, 0.05) is 28.9 Å². The van der Waals surface area contributed by atoms with Crippen molar-refractivity contribution in [3.63, 3.8) is 0 Å². The van der Waals surface area contributed by atoms with E-state index in [9.17, 15) is 14.9 Å². The number of imide groups is 1. The average Bonchev–Trinajstić information content (AvgIpc) is 3.35. The van der Waals surface area contributed by atoms with Gasteiger partial charge in [-0.2, -0.15) is 10.4 Å². The molecule has 0 saturated heterocycles.